The minimum Gasteiger partial charge on any atom is -0.353 e. The number of hydrogen-bond donors (Lipinski definition) is 1. The van der Waals surface area contributed by atoms with Crippen molar-refractivity contribution in [2.45, 2.75) is 39.2 Å². The van der Waals surface area contributed by atoms with Crippen molar-refractivity contribution in [1.82, 2.24) is 14.5 Å². The van der Waals surface area contributed by atoms with Crippen LogP contribution in [0.4, 0.5) is 0 Å². The van der Waals surface area contributed by atoms with Gasteiger partial charge in [-0.05, 0) is 47.9 Å². The van der Waals surface area contributed by atoms with Gasteiger partial charge in [0.1, 0.15) is 0 Å². The average Bonchev–Trinajstić information content (AvgIpc) is 3.06. The van der Waals surface area contributed by atoms with E-state index < -0.39 is 0 Å². The molecule has 4 heterocycles. The van der Waals surface area contributed by atoms with E-state index in [-0.39, 0.29) is 5.56 Å². The van der Waals surface area contributed by atoms with E-state index >= 15 is 0 Å². The summed E-state index contributed by atoms with van der Waals surface area (Å²) in [4.78, 5) is 21.0. The summed E-state index contributed by atoms with van der Waals surface area (Å²) < 4.78 is 1.91. The number of aryl methyl sites for hydroxylation is 2. The lowest BCUT2D eigenvalue weighted by Crippen LogP contribution is -2.26. The lowest BCUT2D eigenvalue weighted by atomic mass is 9.98. The number of rotatable bonds is 3. The lowest BCUT2D eigenvalue weighted by molar-refractivity contribution is 0.665. The maximum atomic E-state index is 13.1. The zero-order valence-corrected chi connectivity index (χ0v) is 14.9. The van der Waals surface area contributed by atoms with Gasteiger partial charge in [0.15, 0.2) is 0 Å². The third kappa shape index (κ3) is 2.15. The molecule has 1 aromatic carbocycles. The number of benzene rings is 1. The summed E-state index contributed by atoms with van der Waals surface area (Å²) >= 11 is 0. The molecule has 0 atom stereocenters. The van der Waals surface area contributed by atoms with Gasteiger partial charge >= 0.3 is 0 Å². The summed E-state index contributed by atoms with van der Waals surface area (Å²) in [6.45, 7) is 2.91. The minimum absolute atomic E-state index is 0.0765. The zero-order valence-electron chi connectivity index (χ0n) is 14.9. The first kappa shape index (κ1) is 15.4. The summed E-state index contributed by atoms with van der Waals surface area (Å²) in [6, 6.07) is 10.6. The number of H-pyrrole nitrogens is 1. The van der Waals surface area contributed by atoms with Crippen molar-refractivity contribution in [3.63, 3.8) is 0 Å². The van der Waals surface area contributed by atoms with Crippen LogP contribution in [0, 0.1) is 0 Å². The van der Waals surface area contributed by atoms with Gasteiger partial charge in [-0.2, -0.15) is 0 Å². The quantitative estimate of drug-likeness (QED) is 0.598. The Morgan fingerprint density at radius 1 is 1.15 bits per heavy atom. The number of nitrogens with one attached hydrogen (secondary N) is 1. The highest BCUT2D eigenvalue weighted by atomic mass is 16.1. The van der Waals surface area contributed by atoms with Gasteiger partial charge in [0.25, 0.3) is 5.56 Å². The Bertz CT molecular complexity index is 1200. The minimum atomic E-state index is 0.0765. The van der Waals surface area contributed by atoms with E-state index in [2.05, 4.69) is 41.2 Å². The van der Waals surface area contributed by atoms with E-state index in [0.29, 0.717) is 0 Å². The SMILES string of the molecule is CCCCc1cncc2c(=O)n3c(cc12)-c1[nH]c2ccccc2c1CC3. The molecule has 3 aromatic heterocycles. The number of unbranched alkanes of at least 4 members (excludes halogenated alkanes) is 1. The molecule has 26 heavy (non-hydrogen) atoms. The molecule has 0 saturated carbocycles. The van der Waals surface area contributed by atoms with Crippen LogP contribution in [0.25, 0.3) is 33.1 Å². The molecular formula is C22H21N3O. The highest BCUT2D eigenvalue weighted by Gasteiger charge is 2.23. The fraction of sp³-hybridized carbons (Fsp3) is 0.273. The summed E-state index contributed by atoms with van der Waals surface area (Å²) in [5, 5.41) is 3.06. The number of aromatic amines is 1. The second-order valence-electron chi connectivity index (χ2n) is 7.12. The molecule has 0 radical (unpaired) electrons. The summed E-state index contributed by atoms with van der Waals surface area (Å²) in [6.07, 6.45) is 7.72. The Morgan fingerprint density at radius 3 is 2.92 bits per heavy atom. The summed E-state index contributed by atoms with van der Waals surface area (Å²) in [5.41, 5.74) is 5.81. The Balaban J connectivity index is 1.81. The molecular weight excluding hydrogens is 322 g/mol. The van der Waals surface area contributed by atoms with Crippen molar-refractivity contribution >= 4 is 21.7 Å². The first-order valence-corrected chi connectivity index (χ1v) is 9.38. The number of nitrogens with zero attached hydrogens (tertiary/aromatic N) is 2. The van der Waals surface area contributed by atoms with Crippen LogP contribution in [-0.4, -0.2) is 14.5 Å². The largest absolute Gasteiger partial charge is 0.353 e. The molecule has 0 bridgehead atoms. The molecule has 130 valence electrons. The van der Waals surface area contributed by atoms with Crippen molar-refractivity contribution < 1.29 is 0 Å². The molecule has 1 aliphatic rings. The van der Waals surface area contributed by atoms with Gasteiger partial charge in [0.2, 0.25) is 0 Å². The molecule has 0 unspecified atom stereocenters. The fourth-order valence-corrected chi connectivity index (χ4v) is 4.22. The molecule has 0 fully saturated rings. The average molecular weight is 343 g/mol. The topological polar surface area (TPSA) is 50.7 Å². The Labute approximate surface area is 151 Å². The molecule has 1 aliphatic heterocycles. The van der Waals surface area contributed by atoms with Gasteiger partial charge < -0.3 is 9.55 Å². The van der Waals surface area contributed by atoms with E-state index in [4.69, 9.17) is 0 Å². The number of aromatic nitrogens is 3. The zero-order chi connectivity index (χ0) is 17.7. The maximum Gasteiger partial charge on any atom is 0.260 e. The predicted octanol–water partition coefficient (Wildman–Crippen LogP) is 4.44. The van der Waals surface area contributed by atoms with Gasteiger partial charge in [0, 0.05) is 29.8 Å². The molecule has 1 N–H and O–H groups in total. The fourth-order valence-electron chi connectivity index (χ4n) is 4.22. The second kappa shape index (κ2) is 5.84. The monoisotopic (exact) mass is 343 g/mol. The van der Waals surface area contributed by atoms with Gasteiger partial charge in [-0.3, -0.25) is 9.78 Å². The van der Waals surface area contributed by atoms with Crippen LogP contribution >= 0.6 is 0 Å². The lowest BCUT2D eigenvalue weighted by Gasteiger charge is -2.20. The van der Waals surface area contributed by atoms with Crippen molar-refractivity contribution in [1.29, 1.82) is 0 Å². The standard InChI is InChI=1S/C22H21N3O/c1-2-3-6-14-12-23-13-18-17(14)11-20-21-16(9-10-25(20)22(18)26)15-7-4-5-8-19(15)24-21/h4-5,7-8,11-13,24H,2-3,6,9-10H2,1H3. The van der Waals surface area contributed by atoms with Crippen molar-refractivity contribution in [3.8, 4) is 11.4 Å². The first-order valence-electron chi connectivity index (χ1n) is 9.38. The molecule has 0 saturated heterocycles. The molecule has 4 aromatic rings. The van der Waals surface area contributed by atoms with E-state index in [1.807, 2.05) is 16.8 Å². The van der Waals surface area contributed by atoms with Crippen LogP contribution in [0.1, 0.15) is 30.9 Å². The normalized spacial score (nSPS) is 13.1. The van der Waals surface area contributed by atoms with Crippen molar-refractivity contribution in [2.75, 3.05) is 0 Å². The number of pyridine rings is 2. The first-order chi connectivity index (χ1) is 12.8. The van der Waals surface area contributed by atoms with Crippen molar-refractivity contribution in [3.05, 3.63) is 64.2 Å². The van der Waals surface area contributed by atoms with E-state index in [0.717, 1.165) is 59.9 Å². The molecule has 0 spiro atoms. The second-order valence-corrected chi connectivity index (χ2v) is 7.12. The third-order valence-electron chi connectivity index (χ3n) is 5.57. The molecule has 0 aliphatic carbocycles. The Kier molecular flexibility index (Phi) is 3.45. The maximum absolute atomic E-state index is 13.1. The molecule has 4 heteroatoms. The van der Waals surface area contributed by atoms with E-state index in [1.165, 1.54) is 16.5 Å². The third-order valence-corrected chi connectivity index (χ3v) is 5.57. The van der Waals surface area contributed by atoms with Crippen LogP contribution in [-0.2, 0) is 19.4 Å². The summed E-state index contributed by atoms with van der Waals surface area (Å²) in [5.74, 6) is 0. The predicted molar refractivity (Wildman–Crippen MR) is 106 cm³/mol. The smallest absolute Gasteiger partial charge is 0.260 e. The number of hydrogen-bond acceptors (Lipinski definition) is 2. The molecule has 4 nitrogen and oxygen atoms in total. The van der Waals surface area contributed by atoms with Crippen LogP contribution in [0.3, 0.4) is 0 Å². The Hall–Kier alpha value is -2.88. The van der Waals surface area contributed by atoms with Crippen molar-refractivity contribution in [2.24, 2.45) is 0 Å². The van der Waals surface area contributed by atoms with Gasteiger partial charge in [-0.15, -0.1) is 0 Å². The van der Waals surface area contributed by atoms with Crippen LogP contribution in [0.5, 0.6) is 0 Å². The van der Waals surface area contributed by atoms with Crippen LogP contribution in [0.15, 0.2) is 47.5 Å². The highest BCUT2D eigenvalue weighted by Crippen LogP contribution is 2.35. The van der Waals surface area contributed by atoms with E-state index in [1.54, 1.807) is 6.20 Å². The van der Waals surface area contributed by atoms with Gasteiger partial charge in [-0.1, -0.05) is 31.5 Å². The number of fused-ring (bicyclic) bond motifs is 6. The van der Waals surface area contributed by atoms with Gasteiger partial charge in [0.05, 0.1) is 16.8 Å². The van der Waals surface area contributed by atoms with Crippen LogP contribution < -0.4 is 5.56 Å². The number of para-hydroxylation sites is 1. The van der Waals surface area contributed by atoms with Gasteiger partial charge in [-0.25, -0.2) is 0 Å². The Morgan fingerprint density at radius 2 is 2.04 bits per heavy atom. The van der Waals surface area contributed by atoms with E-state index in [9.17, 15) is 4.79 Å². The van der Waals surface area contributed by atoms with Crippen LogP contribution in [0.2, 0.25) is 0 Å². The summed E-state index contributed by atoms with van der Waals surface area (Å²) in [7, 11) is 0. The molecule has 0 amide bonds. The highest BCUT2D eigenvalue weighted by molar-refractivity contribution is 5.93. The molecule has 5 rings (SSSR count).